The molecule has 168 valence electrons. The number of ether oxygens (including phenoxy) is 1. The summed E-state index contributed by atoms with van der Waals surface area (Å²) in [6.45, 7) is 0.737. The van der Waals surface area contributed by atoms with Gasteiger partial charge < -0.3 is 14.5 Å². The molecule has 1 aliphatic carbocycles. The van der Waals surface area contributed by atoms with Gasteiger partial charge in [-0.3, -0.25) is 9.48 Å². The molecular weight excluding hydrogens is 506 g/mol. The minimum Gasteiger partial charge on any atom is -0.486 e. The van der Waals surface area contributed by atoms with E-state index in [2.05, 4.69) is 38.5 Å². The molecule has 1 aliphatic rings. The predicted octanol–water partition coefficient (Wildman–Crippen LogP) is 6.26. The van der Waals surface area contributed by atoms with Gasteiger partial charge in [-0.25, -0.2) is 0 Å². The third-order valence-corrected chi connectivity index (χ3v) is 6.52. The lowest BCUT2D eigenvalue weighted by molar-refractivity contribution is 0.0992. The smallest absolute Gasteiger partial charge is 0.292 e. The second-order valence-corrected chi connectivity index (χ2v) is 9.17. The first kappa shape index (κ1) is 21.8. The van der Waals surface area contributed by atoms with Crippen LogP contribution in [0.3, 0.4) is 0 Å². The van der Waals surface area contributed by atoms with E-state index in [1.54, 1.807) is 23.0 Å². The molecular formula is C25H21BrClN3O3. The van der Waals surface area contributed by atoms with E-state index in [-0.39, 0.29) is 18.3 Å². The molecule has 0 unspecified atom stereocenters. The Kier molecular flexibility index (Phi) is 6.24. The van der Waals surface area contributed by atoms with Crippen LogP contribution in [0.25, 0.3) is 0 Å². The molecule has 0 aliphatic heterocycles. The van der Waals surface area contributed by atoms with Gasteiger partial charge in [0.2, 0.25) is 0 Å². The van der Waals surface area contributed by atoms with Crippen molar-refractivity contribution < 1.29 is 13.9 Å². The van der Waals surface area contributed by atoms with E-state index < -0.39 is 0 Å². The molecule has 5 rings (SSSR count). The molecule has 6 nitrogen and oxygen atoms in total. The van der Waals surface area contributed by atoms with Crippen LogP contribution in [0.5, 0.6) is 5.75 Å². The summed E-state index contributed by atoms with van der Waals surface area (Å²) < 4.78 is 13.9. The average molecular weight is 527 g/mol. The van der Waals surface area contributed by atoms with E-state index in [4.69, 9.17) is 20.8 Å². The highest BCUT2D eigenvalue weighted by Gasteiger charge is 2.17. The normalized spacial score (nSPS) is 12.5. The Balaban J connectivity index is 1.20. The zero-order chi connectivity index (χ0) is 22.8. The fraction of sp³-hybridized carbons (Fsp3) is 0.200. The highest BCUT2D eigenvalue weighted by molar-refractivity contribution is 9.10. The first-order chi connectivity index (χ1) is 16.0. The van der Waals surface area contributed by atoms with E-state index in [1.165, 1.54) is 17.5 Å². The molecule has 2 aromatic carbocycles. The van der Waals surface area contributed by atoms with Crippen LogP contribution in [0.2, 0.25) is 5.02 Å². The molecule has 0 saturated carbocycles. The quantitative estimate of drug-likeness (QED) is 0.309. The summed E-state index contributed by atoms with van der Waals surface area (Å²) in [7, 11) is 0. The average Bonchev–Trinajstić information content (AvgIpc) is 3.54. The Morgan fingerprint density at radius 3 is 2.88 bits per heavy atom. The molecule has 0 spiro atoms. The van der Waals surface area contributed by atoms with Gasteiger partial charge in [0.25, 0.3) is 5.91 Å². The maximum atomic E-state index is 12.7. The number of hydrogen-bond donors (Lipinski definition) is 1. The van der Waals surface area contributed by atoms with Gasteiger partial charge in [-0.15, -0.1) is 0 Å². The summed E-state index contributed by atoms with van der Waals surface area (Å²) >= 11 is 9.68. The number of nitrogens with zero attached hydrogens (tertiary/aromatic N) is 2. The van der Waals surface area contributed by atoms with Crippen molar-refractivity contribution in [3.63, 3.8) is 0 Å². The SMILES string of the molecule is O=C(Nc1nn(Cc2ccccc2Cl)cc1Br)c1ccc(COc2ccc3c(c2)CCC3)o1. The molecule has 8 heteroatoms. The molecule has 0 radical (unpaired) electrons. The van der Waals surface area contributed by atoms with Crippen LogP contribution in [0, 0.1) is 0 Å². The summed E-state index contributed by atoms with van der Waals surface area (Å²) in [4.78, 5) is 12.7. The highest BCUT2D eigenvalue weighted by Crippen LogP contribution is 2.27. The van der Waals surface area contributed by atoms with Crippen molar-refractivity contribution in [3.8, 4) is 5.75 Å². The fourth-order valence-electron chi connectivity index (χ4n) is 3.90. The molecule has 0 fully saturated rings. The zero-order valence-electron chi connectivity index (χ0n) is 17.7. The summed E-state index contributed by atoms with van der Waals surface area (Å²) in [6, 6.07) is 17.1. The maximum absolute atomic E-state index is 12.7. The molecule has 2 aromatic heterocycles. The Labute approximate surface area is 204 Å². The van der Waals surface area contributed by atoms with Crippen molar-refractivity contribution in [2.75, 3.05) is 5.32 Å². The van der Waals surface area contributed by atoms with Gasteiger partial charge in [-0.2, -0.15) is 5.10 Å². The maximum Gasteiger partial charge on any atom is 0.292 e. The van der Waals surface area contributed by atoms with E-state index >= 15 is 0 Å². The third-order valence-electron chi connectivity index (χ3n) is 5.58. The van der Waals surface area contributed by atoms with Crippen molar-refractivity contribution in [2.24, 2.45) is 0 Å². The lowest BCUT2D eigenvalue weighted by Gasteiger charge is -2.06. The fourth-order valence-corrected chi connectivity index (χ4v) is 4.51. The van der Waals surface area contributed by atoms with Gasteiger partial charge in [0, 0.05) is 11.2 Å². The summed E-state index contributed by atoms with van der Waals surface area (Å²) in [5.41, 5.74) is 3.69. The Morgan fingerprint density at radius 1 is 1.15 bits per heavy atom. The van der Waals surface area contributed by atoms with Gasteiger partial charge in [0.15, 0.2) is 11.6 Å². The van der Waals surface area contributed by atoms with Crippen LogP contribution in [0.4, 0.5) is 5.82 Å². The molecule has 2 heterocycles. The minimum atomic E-state index is -0.387. The number of aromatic nitrogens is 2. The van der Waals surface area contributed by atoms with E-state index in [0.29, 0.717) is 27.6 Å². The third kappa shape index (κ3) is 4.99. The predicted molar refractivity (Wildman–Crippen MR) is 130 cm³/mol. The van der Waals surface area contributed by atoms with Gasteiger partial charge in [-0.1, -0.05) is 35.9 Å². The van der Waals surface area contributed by atoms with Crippen LogP contribution < -0.4 is 10.1 Å². The van der Waals surface area contributed by atoms with Crippen molar-refractivity contribution in [1.82, 2.24) is 9.78 Å². The van der Waals surface area contributed by atoms with Crippen molar-refractivity contribution in [3.05, 3.63) is 98.5 Å². The number of amides is 1. The largest absolute Gasteiger partial charge is 0.486 e. The van der Waals surface area contributed by atoms with Crippen LogP contribution in [-0.4, -0.2) is 15.7 Å². The van der Waals surface area contributed by atoms with Crippen molar-refractivity contribution in [2.45, 2.75) is 32.4 Å². The number of fused-ring (bicyclic) bond motifs is 1. The lowest BCUT2D eigenvalue weighted by atomic mass is 10.1. The van der Waals surface area contributed by atoms with E-state index in [9.17, 15) is 4.79 Å². The minimum absolute atomic E-state index is 0.190. The number of carbonyl (C=O) groups is 1. The number of anilines is 1. The van der Waals surface area contributed by atoms with Crippen molar-refractivity contribution >= 4 is 39.3 Å². The highest BCUT2D eigenvalue weighted by atomic mass is 79.9. The van der Waals surface area contributed by atoms with E-state index in [0.717, 1.165) is 24.2 Å². The number of rotatable bonds is 7. The van der Waals surface area contributed by atoms with Gasteiger partial charge in [0.1, 0.15) is 18.1 Å². The second kappa shape index (κ2) is 9.45. The molecule has 1 N–H and O–H groups in total. The van der Waals surface area contributed by atoms with Gasteiger partial charge in [0.05, 0.1) is 11.0 Å². The van der Waals surface area contributed by atoms with Crippen LogP contribution >= 0.6 is 27.5 Å². The summed E-state index contributed by atoms with van der Waals surface area (Å²) in [5.74, 6) is 1.59. The number of aryl methyl sites for hydroxylation is 2. The molecule has 0 saturated heterocycles. The number of benzene rings is 2. The first-order valence-corrected chi connectivity index (χ1v) is 11.8. The topological polar surface area (TPSA) is 69.3 Å². The Bertz CT molecular complexity index is 1310. The van der Waals surface area contributed by atoms with Crippen LogP contribution in [0.15, 0.2) is 69.7 Å². The molecule has 4 aromatic rings. The number of furan rings is 1. The van der Waals surface area contributed by atoms with Gasteiger partial charge >= 0.3 is 0 Å². The van der Waals surface area contributed by atoms with Crippen molar-refractivity contribution in [1.29, 1.82) is 0 Å². The molecule has 1 amide bonds. The zero-order valence-corrected chi connectivity index (χ0v) is 20.0. The Morgan fingerprint density at radius 2 is 2.00 bits per heavy atom. The standard InChI is InChI=1S/C25H21BrClN3O3/c26-21-14-30(13-18-4-1-2-7-22(18)27)29-24(21)28-25(31)23-11-10-20(33-23)15-32-19-9-8-16-5-3-6-17(16)12-19/h1-2,4,7-12,14H,3,5-6,13,15H2,(H,28,29,31). The second-order valence-electron chi connectivity index (χ2n) is 7.91. The Hall–Kier alpha value is -3.03. The number of carbonyl (C=O) groups excluding carboxylic acids is 1. The summed E-state index contributed by atoms with van der Waals surface area (Å²) in [5, 5.41) is 7.88. The van der Waals surface area contributed by atoms with Crippen LogP contribution in [-0.2, 0) is 26.0 Å². The molecule has 0 atom stereocenters. The van der Waals surface area contributed by atoms with Crippen LogP contribution in [0.1, 0.15) is 39.4 Å². The van der Waals surface area contributed by atoms with E-state index in [1.807, 2.05) is 30.3 Å². The molecule has 33 heavy (non-hydrogen) atoms. The summed E-state index contributed by atoms with van der Waals surface area (Å²) in [6.07, 6.45) is 5.22. The first-order valence-electron chi connectivity index (χ1n) is 10.7. The number of nitrogens with one attached hydrogen (secondary N) is 1. The van der Waals surface area contributed by atoms with Gasteiger partial charge in [-0.05, 0) is 82.2 Å². The number of halogens is 2. The lowest BCUT2D eigenvalue weighted by Crippen LogP contribution is -2.12. The number of hydrogen-bond acceptors (Lipinski definition) is 4. The monoisotopic (exact) mass is 525 g/mol. The molecule has 0 bridgehead atoms.